The van der Waals surface area contributed by atoms with E-state index in [0.717, 1.165) is 29.9 Å². The van der Waals surface area contributed by atoms with E-state index in [9.17, 15) is 31.5 Å². The number of fused-ring (bicyclic) bond motifs is 1. The summed E-state index contributed by atoms with van der Waals surface area (Å²) >= 11 is 0. The second kappa shape index (κ2) is 9.66. The summed E-state index contributed by atoms with van der Waals surface area (Å²) in [5.41, 5.74) is -3.00. The first-order valence-electron chi connectivity index (χ1n) is 12.9. The number of benzene rings is 1. The van der Waals surface area contributed by atoms with Crippen molar-refractivity contribution in [3.63, 3.8) is 0 Å². The van der Waals surface area contributed by atoms with Gasteiger partial charge in [-0.15, -0.1) is 0 Å². The Hall–Kier alpha value is -2.95. The molecule has 4 atom stereocenters. The molecule has 1 aromatic carbocycles. The monoisotopic (exact) mass is 538 g/mol. The number of nitrogens with zero attached hydrogens (tertiary/aromatic N) is 2. The van der Waals surface area contributed by atoms with Gasteiger partial charge in [-0.3, -0.25) is 9.59 Å². The van der Waals surface area contributed by atoms with Gasteiger partial charge in [0, 0.05) is 43.0 Å². The van der Waals surface area contributed by atoms with Crippen LogP contribution < -0.4 is 16.2 Å². The lowest BCUT2D eigenvalue weighted by Gasteiger charge is -2.25. The molecule has 2 saturated carbocycles. The highest BCUT2D eigenvalue weighted by Crippen LogP contribution is 2.49. The largest absolute Gasteiger partial charge is 0.381 e. The highest BCUT2D eigenvalue weighted by molar-refractivity contribution is 5.99. The van der Waals surface area contributed by atoms with Crippen LogP contribution in [0.4, 0.5) is 27.6 Å². The van der Waals surface area contributed by atoms with Gasteiger partial charge in [-0.2, -0.15) is 0 Å². The third kappa shape index (κ3) is 4.58. The topological polar surface area (TPSA) is 66.4 Å². The lowest BCUT2D eigenvalue weighted by atomic mass is 10.0. The van der Waals surface area contributed by atoms with Gasteiger partial charge in [0.2, 0.25) is 0 Å². The standard InChI is InChI=1S/C27H31F5N4O2/c1-13(2)35-10-17-18(11-35)23(17)34-20-9-21(37)36(27(7-8-27)26(31)32)12-19(20)25(38)33-14(3)15-5-4-6-16(22(15)28)24(29)30/h4-6,9,12-14,17-18,23-24,26,34H,7-8,10-11H2,1-3H3,(H,33,38)/t14-,17-,18+,23+/m1/s1. The fourth-order valence-electron chi connectivity index (χ4n) is 5.67. The van der Waals surface area contributed by atoms with Crippen LogP contribution >= 0.6 is 0 Å². The van der Waals surface area contributed by atoms with Crippen molar-refractivity contribution >= 4 is 11.6 Å². The number of carbonyl (C=O) groups is 1. The van der Waals surface area contributed by atoms with E-state index in [0.29, 0.717) is 17.9 Å². The molecule has 2 N–H and O–H groups in total. The molecule has 1 aromatic heterocycles. The number of alkyl halides is 4. The molecule has 2 aliphatic carbocycles. The van der Waals surface area contributed by atoms with Gasteiger partial charge in [-0.05, 0) is 45.4 Å². The number of likely N-dealkylation sites (tertiary alicyclic amines) is 1. The predicted octanol–water partition coefficient (Wildman–Crippen LogP) is 4.92. The average molecular weight is 539 g/mol. The Morgan fingerprint density at radius 3 is 2.24 bits per heavy atom. The molecule has 3 fully saturated rings. The van der Waals surface area contributed by atoms with Crippen molar-refractivity contribution in [3.8, 4) is 0 Å². The fraction of sp³-hybridized carbons (Fsp3) is 0.556. The van der Waals surface area contributed by atoms with Gasteiger partial charge in [0.25, 0.3) is 24.3 Å². The number of amides is 1. The molecule has 1 amide bonds. The zero-order chi connectivity index (χ0) is 27.5. The van der Waals surface area contributed by atoms with Gasteiger partial charge in [0.15, 0.2) is 0 Å². The minimum atomic E-state index is -3.02. The first-order chi connectivity index (χ1) is 17.9. The maximum Gasteiger partial charge on any atom is 0.266 e. The quantitative estimate of drug-likeness (QED) is 0.445. The number of halogens is 5. The van der Waals surface area contributed by atoms with E-state index in [-0.39, 0.29) is 35.7 Å². The molecule has 0 spiro atoms. The van der Waals surface area contributed by atoms with Crippen molar-refractivity contribution < 1.29 is 26.7 Å². The Morgan fingerprint density at radius 1 is 1.05 bits per heavy atom. The summed E-state index contributed by atoms with van der Waals surface area (Å²) in [6, 6.07) is 4.17. The zero-order valence-corrected chi connectivity index (χ0v) is 21.4. The van der Waals surface area contributed by atoms with Crippen molar-refractivity contribution in [2.45, 2.75) is 70.1 Å². The minimum Gasteiger partial charge on any atom is -0.381 e. The van der Waals surface area contributed by atoms with E-state index in [2.05, 4.69) is 29.4 Å². The van der Waals surface area contributed by atoms with E-state index in [4.69, 9.17) is 0 Å². The molecule has 2 heterocycles. The number of anilines is 1. The molecule has 0 unspecified atom stereocenters. The molecule has 0 bridgehead atoms. The summed E-state index contributed by atoms with van der Waals surface area (Å²) in [6.07, 6.45) is -4.44. The van der Waals surface area contributed by atoms with Crippen molar-refractivity contribution in [1.82, 2.24) is 14.8 Å². The summed E-state index contributed by atoms with van der Waals surface area (Å²) in [7, 11) is 0. The fourth-order valence-corrected chi connectivity index (χ4v) is 5.67. The Bertz CT molecular complexity index is 1280. The number of nitrogens with one attached hydrogen (secondary N) is 2. The first-order valence-corrected chi connectivity index (χ1v) is 12.9. The number of carbonyl (C=O) groups excluding carboxylic acids is 1. The average Bonchev–Trinajstić information content (AvgIpc) is 3.73. The third-order valence-corrected chi connectivity index (χ3v) is 8.33. The van der Waals surface area contributed by atoms with Gasteiger partial charge in [-0.1, -0.05) is 18.2 Å². The molecule has 1 aliphatic heterocycles. The van der Waals surface area contributed by atoms with Crippen molar-refractivity contribution in [2.75, 3.05) is 18.4 Å². The number of rotatable bonds is 9. The number of pyridine rings is 1. The molecular formula is C27H31F5N4O2. The van der Waals surface area contributed by atoms with Crippen LogP contribution in [0.25, 0.3) is 0 Å². The van der Waals surface area contributed by atoms with Crippen LogP contribution in [-0.2, 0) is 5.54 Å². The molecule has 6 nitrogen and oxygen atoms in total. The second-order valence-corrected chi connectivity index (χ2v) is 11.0. The van der Waals surface area contributed by atoms with E-state index >= 15 is 0 Å². The zero-order valence-electron chi connectivity index (χ0n) is 21.4. The van der Waals surface area contributed by atoms with Crippen LogP contribution in [-0.4, -0.2) is 47.0 Å². The smallest absolute Gasteiger partial charge is 0.266 e. The Morgan fingerprint density at radius 2 is 1.68 bits per heavy atom. The molecule has 206 valence electrons. The SMILES string of the molecule is CC(C)N1C[C@@H]2[C@H](C1)[C@H]2Nc1cc(=O)n(C2(C(F)F)CC2)cc1C(=O)N[C@H](C)c1cccc(C(F)F)c1F. The molecule has 3 aliphatic rings. The maximum atomic E-state index is 14.7. The van der Waals surface area contributed by atoms with Crippen LogP contribution in [0.1, 0.15) is 67.6 Å². The Kier molecular flexibility index (Phi) is 6.77. The highest BCUT2D eigenvalue weighted by atomic mass is 19.3. The van der Waals surface area contributed by atoms with E-state index in [1.165, 1.54) is 25.1 Å². The molecule has 2 aromatic rings. The molecule has 0 radical (unpaired) electrons. The molecular weight excluding hydrogens is 507 g/mol. The van der Waals surface area contributed by atoms with Crippen LogP contribution in [0, 0.1) is 17.7 Å². The molecule has 11 heteroatoms. The predicted molar refractivity (Wildman–Crippen MR) is 132 cm³/mol. The first kappa shape index (κ1) is 26.6. The van der Waals surface area contributed by atoms with Crippen molar-refractivity contribution in [1.29, 1.82) is 0 Å². The van der Waals surface area contributed by atoms with Gasteiger partial charge >= 0.3 is 0 Å². The van der Waals surface area contributed by atoms with E-state index < -0.39 is 47.3 Å². The van der Waals surface area contributed by atoms with Gasteiger partial charge < -0.3 is 20.1 Å². The Labute approximate surface area is 217 Å². The maximum absolute atomic E-state index is 14.7. The highest BCUT2D eigenvalue weighted by Gasteiger charge is 2.57. The summed E-state index contributed by atoms with van der Waals surface area (Å²) in [5.74, 6) is -1.16. The lowest BCUT2D eigenvalue weighted by Crippen LogP contribution is -2.38. The molecule has 38 heavy (non-hydrogen) atoms. The summed E-state index contributed by atoms with van der Waals surface area (Å²) in [5, 5.41) is 5.88. The van der Waals surface area contributed by atoms with Crippen LogP contribution in [0.15, 0.2) is 35.3 Å². The molecule has 5 rings (SSSR count). The van der Waals surface area contributed by atoms with E-state index in [1.807, 2.05) is 0 Å². The number of aromatic nitrogens is 1. The van der Waals surface area contributed by atoms with Gasteiger partial charge in [0.05, 0.1) is 22.9 Å². The molecule has 1 saturated heterocycles. The second-order valence-electron chi connectivity index (χ2n) is 11.0. The lowest BCUT2D eigenvalue weighted by molar-refractivity contribution is 0.0648. The van der Waals surface area contributed by atoms with Crippen molar-refractivity contribution in [2.24, 2.45) is 11.8 Å². The summed E-state index contributed by atoms with van der Waals surface area (Å²) in [4.78, 5) is 28.7. The summed E-state index contributed by atoms with van der Waals surface area (Å²) < 4.78 is 69.7. The minimum absolute atomic E-state index is 0.0283. The number of piperidine rings is 1. The third-order valence-electron chi connectivity index (χ3n) is 8.33. The van der Waals surface area contributed by atoms with Gasteiger partial charge in [-0.25, -0.2) is 22.0 Å². The van der Waals surface area contributed by atoms with Crippen molar-refractivity contribution in [3.05, 3.63) is 63.3 Å². The van der Waals surface area contributed by atoms with Gasteiger partial charge in [0.1, 0.15) is 11.4 Å². The normalized spacial score (nSPS) is 24.6. The Balaban J connectivity index is 1.43. The number of hydrogen-bond acceptors (Lipinski definition) is 4. The summed E-state index contributed by atoms with van der Waals surface area (Å²) in [6.45, 7) is 7.44. The van der Waals surface area contributed by atoms with Crippen LogP contribution in [0.3, 0.4) is 0 Å². The van der Waals surface area contributed by atoms with Crippen LogP contribution in [0.2, 0.25) is 0 Å². The van der Waals surface area contributed by atoms with Crippen LogP contribution in [0.5, 0.6) is 0 Å². The van der Waals surface area contributed by atoms with E-state index in [1.54, 1.807) is 0 Å². The number of hydrogen-bond donors (Lipinski definition) is 2.